The smallest absolute Gasteiger partial charge is 0.326 e. The second kappa shape index (κ2) is 6.17. The molecule has 0 bridgehead atoms. The molecule has 104 valence electrons. The molecule has 1 atom stereocenters. The van der Waals surface area contributed by atoms with E-state index in [0.717, 1.165) is 4.90 Å². The van der Waals surface area contributed by atoms with Gasteiger partial charge in [-0.1, -0.05) is 13.0 Å². The number of anilines is 1. The van der Waals surface area contributed by atoms with Gasteiger partial charge in [-0.15, -0.1) is 0 Å². The number of carboxylic acids is 1. The number of nitrogens with zero attached hydrogens (tertiary/aromatic N) is 1. The molecule has 2 amide bonds. The van der Waals surface area contributed by atoms with E-state index < -0.39 is 23.9 Å². The summed E-state index contributed by atoms with van der Waals surface area (Å²) < 4.78 is 13.3. The van der Waals surface area contributed by atoms with Crippen molar-refractivity contribution in [2.24, 2.45) is 0 Å². The van der Waals surface area contributed by atoms with Crippen LogP contribution in [0.1, 0.15) is 18.9 Å². The maximum absolute atomic E-state index is 13.3. The van der Waals surface area contributed by atoms with Gasteiger partial charge >= 0.3 is 12.0 Å². The van der Waals surface area contributed by atoms with E-state index in [-0.39, 0.29) is 0 Å². The maximum Gasteiger partial charge on any atom is 0.326 e. The van der Waals surface area contributed by atoms with Gasteiger partial charge in [-0.05, 0) is 25.5 Å². The first-order chi connectivity index (χ1) is 8.88. The molecule has 1 unspecified atom stereocenters. The Morgan fingerprint density at radius 2 is 2.11 bits per heavy atom. The fourth-order valence-electron chi connectivity index (χ4n) is 1.70. The van der Waals surface area contributed by atoms with Crippen LogP contribution in [0.2, 0.25) is 0 Å². The summed E-state index contributed by atoms with van der Waals surface area (Å²) in [5.41, 5.74) is 0.643. The molecule has 0 saturated carbocycles. The molecular formula is C13H17FN2O3. The molecule has 0 aromatic heterocycles. The minimum atomic E-state index is -1.07. The largest absolute Gasteiger partial charge is 0.480 e. The van der Waals surface area contributed by atoms with Crippen molar-refractivity contribution in [1.29, 1.82) is 0 Å². The van der Waals surface area contributed by atoms with Crippen molar-refractivity contribution in [3.05, 3.63) is 29.6 Å². The average molecular weight is 268 g/mol. The number of rotatable bonds is 4. The van der Waals surface area contributed by atoms with Crippen molar-refractivity contribution in [3.8, 4) is 0 Å². The summed E-state index contributed by atoms with van der Waals surface area (Å²) in [5.74, 6) is -1.50. The summed E-state index contributed by atoms with van der Waals surface area (Å²) in [4.78, 5) is 24.0. The average Bonchev–Trinajstić information content (AvgIpc) is 2.35. The molecule has 1 aromatic carbocycles. The van der Waals surface area contributed by atoms with Crippen LogP contribution in [0.3, 0.4) is 0 Å². The van der Waals surface area contributed by atoms with Crippen LogP contribution in [0.15, 0.2) is 18.2 Å². The van der Waals surface area contributed by atoms with Crippen molar-refractivity contribution in [1.82, 2.24) is 4.90 Å². The first-order valence-electron chi connectivity index (χ1n) is 5.90. The highest BCUT2D eigenvalue weighted by Crippen LogP contribution is 2.18. The monoisotopic (exact) mass is 268 g/mol. The predicted molar refractivity (Wildman–Crippen MR) is 69.6 cm³/mol. The van der Waals surface area contributed by atoms with E-state index in [1.54, 1.807) is 19.9 Å². The van der Waals surface area contributed by atoms with Crippen LogP contribution in [-0.4, -0.2) is 35.1 Å². The van der Waals surface area contributed by atoms with E-state index in [1.165, 1.54) is 19.2 Å². The van der Waals surface area contributed by atoms with Gasteiger partial charge in [0.05, 0.1) is 0 Å². The second-order valence-corrected chi connectivity index (χ2v) is 4.22. The number of nitrogens with one attached hydrogen (secondary N) is 1. The highest BCUT2D eigenvalue weighted by molar-refractivity contribution is 5.92. The van der Waals surface area contributed by atoms with Gasteiger partial charge in [-0.25, -0.2) is 14.0 Å². The Labute approximate surface area is 111 Å². The van der Waals surface area contributed by atoms with Crippen LogP contribution in [0.5, 0.6) is 0 Å². The third-order valence-electron chi connectivity index (χ3n) is 2.97. The second-order valence-electron chi connectivity index (χ2n) is 4.22. The summed E-state index contributed by atoms with van der Waals surface area (Å²) in [5, 5.41) is 11.5. The van der Waals surface area contributed by atoms with Crippen molar-refractivity contribution < 1.29 is 19.1 Å². The van der Waals surface area contributed by atoms with Gasteiger partial charge in [0.2, 0.25) is 0 Å². The fourth-order valence-corrected chi connectivity index (χ4v) is 1.70. The van der Waals surface area contributed by atoms with Crippen LogP contribution >= 0.6 is 0 Å². The van der Waals surface area contributed by atoms with E-state index in [4.69, 9.17) is 5.11 Å². The Morgan fingerprint density at radius 3 is 2.63 bits per heavy atom. The number of carbonyl (C=O) groups is 2. The van der Waals surface area contributed by atoms with Gasteiger partial charge in [0.1, 0.15) is 11.9 Å². The molecule has 5 nitrogen and oxygen atoms in total. The number of amides is 2. The number of aliphatic carboxylic acids is 1. The number of likely N-dealkylation sites (N-methyl/N-ethyl adjacent to an activating group) is 1. The Morgan fingerprint density at radius 1 is 1.47 bits per heavy atom. The third kappa shape index (κ3) is 3.43. The minimum absolute atomic E-state index is 0.293. The first kappa shape index (κ1) is 14.9. The number of halogens is 1. The SMILES string of the molecule is CCC(C(=O)O)N(C)C(=O)Nc1cccc(F)c1C. The zero-order valence-corrected chi connectivity index (χ0v) is 11.1. The lowest BCUT2D eigenvalue weighted by molar-refractivity contribution is -0.141. The molecule has 0 aliphatic heterocycles. The molecule has 0 aliphatic rings. The van der Waals surface area contributed by atoms with E-state index in [1.807, 2.05) is 0 Å². The zero-order valence-electron chi connectivity index (χ0n) is 11.1. The molecular weight excluding hydrogens is 251 g/mol. The Hall–Kier alpha value is -2.11. The minimum Gasteiger partial charge on any atom is -0.480 e. The van der Waals surface area contributed by atoms with Crippen LogP contribution in [0.4, 0.5) is 14.9 Å². The molecule has 0 radical (unpaired) electrons. The number of urea groups is 1. The summed E-state index contributed by atoms with van der Waals surface area (Å²) in [6.07, 6.45) is 0.293. The van der Waals surface area contributed by atoms with Crippen LogP contribution in [0.25, 0.3) is 0 Å². The molecule has 19 heavy (non-hydrogen) atoms. The van der Waals surface area contributed by atoms with Gasteiger partial charge in [0.25, 0.3) is 0 Å². The lowest BCUT2D eigenvalue weighted by Gasteiger charge is -2.24. The summed E-state index contributed by atoms with van der Waals surface area (Å²) in [6, 6.07) is 2.84. The molecule has 1 rings (SSSR count). The van der Waals surface area contributed by atoms with Crippen molar-refractivity contribution >= 4 is 17.7 Å². The molecule has 2 N–H and O–H groups in total. The topological polar surface area (TPSA) is 69.6 Å². The van der Waals surface area contributed by atoms with E-state index >= 15 is 0 Å². The summed E-state index contributed by atoms with van der Waals surface area (Å²) >= 11 is 0. The van der Waals surface area contributed by atoms with Gasteiger partial charge < -0.3 is 15.3 Å². The van der Waals surface area contributed by atoms with E-state index in [9.17, 15) is 14.0 Å². The summed E-state index contributed by atoms with van der Waals surface area (Å²) in [7, 11) is 1.40. The highest BCUT2D eigenvalue weighted by atomic mass is 19.1. The molecule has 1 aromatic rings. The summed E-state index contributed by atoms with van der Waals surface area (Å²) in [6.45, 7) is 3.22. The number of benzene rings is 1. The molecule has 0 fully saturated rings. The number of hydrogen-bond acceptors (Lipinski definition) is 2. The molecule has 6 heteroatoms. The normalized spacial score (nSPS) is 11.8. The Kier molecular flexibility index (Phi) is 4.86. The molecule has 0 aliphatic carbocycles. The van der Waals surface area contributed by atoms with Crippen molar-refractivity contribution in [3.63, 3.8) is 0 Å². The fraction of sp³-hybridized carbons (Fsp3) is 0.385. The number of carbonyl (C=O) groups excluding carboxylic acids is 1. The zero-order chi connectivity index (χ0) is 14.6. The predicted octanol–water partition coefficient (Wildman–Crippen LogP) is 2.46. The van der Waals surface area contributed by atoms with Crippen molar-refractivity contribution in [2.75, 3.05) is 12.4 Å². The van der Waals surface area contributed by atoms with Crippen LogP contribution in [-0.2, 0) is 4.79 Å². The van der Waals surface area contributed by atoms with Gasteiger partial charge in [0, 0.05) is 18.3 Å². The van der Waals surface area contributed by atoms with Crippen LogP contribution < -0.4 is 5.32 Å². The lowest BCUT2D eigenvalue weighted by Crippen LogP contribution is -2.44. The van der Waals surface area contributed by atoms with Gasteiger partial charge in [-0.3, -0.25) is 0 Å². The highest BCUT2D eigenvalue weighted by Gasteiger charge is 2.25. The number of carboxylic acid groups (broad SMARTS) is 1. The van der Waals surface area contributed by atoms with Gasteiger partial charge in [-0.2, -0.15) is 0 Å². The number of hydrogen-bond donors (Lipinski definition) is 2. The molecule has 0 heterocycles. The Bertz CT molecular complexity index is 491. The third-order valence-corrected chi connectivity index (χ3v) is 2.97. The molecule has 0 saturated heterocycles. The van der Waals surface area contributed by atoms with Crippen LogP contribution in [0, 0.1) is 12.7 Å². The van der Waals surface area contributed by atoms with Crippen molar-refractivity contribution in [2.45, 2.75) is 26.3 Å². The standard InChI is InChI=1S/C13H17FN2O3/c1-4-11(12(17)18)16(3)13(19)15-10-7-5-6-9(14)8(10)2/h5-7,11H,4H2,1-3H3,(H,15,19)(H,17,18). The van der Waals surface area contributed by atoms with Gasteiger partial charge in [0.15, 0.2) is 0 Å². The van der Waals surface area contributed by atoms with E-state index in [2.05, 4.69) is 5.32 Å². The Balaban J connectivity index is 2.85. The quantitative estimate of drug-likeness (QED) is 0.881. The maximum atomic E-state index is 13.3. The molecule has 0 spiro atoms. The first-order valence-corrected chi connectivity index (χ1v) is 5.90. The lowest BCUT2D eigenvalue weighted by atomic mass is 10.2. The van der Waals surface area contributed by atoms with E-state index in [0.29, 0.717) is 17.7 Å².